The molecular weight excluding hydrogens is 384 g/mol. The van der Waals surface area contributed by atoms with E-state index in [1.807, 2.05) is 38.1 Å². The second kappa shape index (κ2) is 8.77. The first-order valence-electron chi connectivity index (χ1n) is 8.46. The van der Waals surface area contributed by atoms with Gasteiger partial charge in [-0.2, -0.15) is 0 Å². The number of cyclic esters (lactones) is 1. The molecule has 1 aliphatic heterocycles. The van der Waals surface area contributed by atoms with E-state index in [0.717, 1.165) is 9.79 Å². The van der Waals surface area contributed by atoms with Gasteiger partial charge in [-0.1, -0.05) is 11.8 Å². The molecule has 0 radical (unpaired) electrons. The lowest BCUT2D eigenvalue weighted by Gasteiger charge is -2.35. The number of nitrogens with zero attached hydrogens (tertiary/aromatic N) is 2. The molecular formula is C19H20N2O4S2. The van der Waals surface area contributed by atoms with Crippen LogP contribution in [0.5, 0.6) is 0 Å². The number of hydrogen-bond acceptors (Lipinski definition) is 8. The van der Waals surface area contributed by atoms with E-state index in [9.17, 15) is 9.90 Å². The number of carbonyl (C=O) groups is 1. The van der Waals surface area contributed by atoms with Crippen molar-refractivity contribution in [3.63, 3.8) is 0 Å². The number of aliphatic hydroxyl groups excluding tert-OH is 1. The minimum Gasteiger partial charge on any atom is -0.501 e. The van der Waals surface area contributed by atoms with Crippen LogP contribution >= 0.6 is 23.5 Å². The molecule has 3 heterocycles. The van der Waals surface area contributed by atoms with Crippen LogP contribution in [0, 0.1) is 0 Å². The fourth-order valence-corrected chi connectivity index (χ4v) is 5.05. The fraction of sp³-hybridized carbons (Fsp3) is 0.316. The first-order valence-corrected chi connectivity index (χ1v) is 10.3. The van der Waals surface area contributed by atoms with Gasteiger partial charge >= 0.3 is 5.97 Å². The molecule has 6 nitrogen and oxygen atoms in total. The van der Waals surface area contributed by atoms with Crippen molar-refractivity contribution in [1.29, 1.82) is 0 Å². The molecule has 0 saturated heterocycles. The monoisotopic (exact) mass is 404 g/mol. The lowest BCUT2D eigenvalue weighted by molar-refractivity contribution is -0.157. The molecule has 8 heteroatoms. The van der Waals surface area contributed by atoms with Crippen molar-refractivity contribution in [1.82, 2.24) is 9.97 Å². The number of thioether (sulfide) groups is 2. The highest BCUT2D eigenvalue weighted by molar-refractivity contribution is 8.03. The molecule has 2 aromatic rings. The Balaban J connectivity index is 1.95. The van der Waals surface area contributed by atoms with Crippen LogP contribution in [0.4, 0.5) is 0 Å². The zero-order chi connectivity index (χ0) is 19.3. The Kier molecular flexibility index (Phi) is 6.41. The predicted octanol–water partition coefficient (Wildman–Crippen LogP) is 3.85. The van der Waals surface area contributed by atoms with Gasteiger partial charge in [0.15, 0.2) is 5.60 Å². The topological polar surface area (TPSA) is 81.5 Å². The summed E-state index contributed by atoms with van der Waals surface area (Å²) in [5.74, 6) is -0.686. The van der Waals surface area contributed by atoms with Crippen molar-refractivity contribution in [2.45, 2.75) is 35.3 Å². The SMILES string of the molecule is CCOC(C)C1(CSc2ccncc2)OC(=O)C(O)=C1Sc1ccncc1. The molecule has 0 fully saturated rings. The molecule has 0 amide bonds. The molecule has 0 aliphatic carbocycles. The van der Waals surface area contributed by atoms with E-state index in [2.05, 4.69) is 9.97 Å². The minimum absolute atomic E-state index is 0.362. The summed E-state index contributed by atoms with van der Waals surface area (Å²) in [6, 6.07) is 7.42. The normalized spacial score (nSPS) is 20.6. The van der Waals surface area contributed by atoms with Gasteiger partial charge < -0.3 is 14.6 Å². The highest BCUT2D eigenvalue weighted by Gasteiger charge is 2.53. The van der Waals surface area contributed by atoms with Crippen LogP contribution in [0.25, 0.3) is 0 Å². The van der Waals surface area contributed by atoms with Crippen LogP contribution in [-0.4, -0.2) is 45.1 Å². The number of aromatic nitrogens is 2. The molecule has 0 spiro atoms. The molecule has 2 unspecified atom stereocenters. The average Bonchev–Trinajstić information content (AvgIpc) is 2.94. The molecule has 0 saturated carbocycles. The van der Waals surface area contributed by atoms with E-state index < -0.39 is 17.7 Å². The number of esters is 1. The number of pyridine rings is 2. The standard InChI is InChI=1S/C19H20N2O4S2/c1-3-24-13(2)19(12-26-14-4-8-20-9-5-14)17(16(22)18(23)25-19)27-15-6-10-21-11-7-15/h4-11,13,22H,3,12H2,1-2H3. The Labute approximate surface area is 166 Å². The molecule has 0 bridgehead atoms. The van der Waals surface area contributed by atoms with E-state index in [1.165, 1.54) is 23.5 Å². The van der Waals surface area contributed by atoms with Gasteiger partial charge in [0.25, 0.3) is 0 Å². The van der Waals surface area contributed by atoms with Crippen molar-refractivity contribution in [3.05, 3.63) is 59.7 Å². The summed E-state index contributed by atoms with van der Waals surface area (Å²) < 4.78 is 11.5. The first-order chi connectivity index (χ1) is 13.1. The Hall–Kier alpha value is -2.03. The number of hydrogen-bond donors (Lipinski definition) is 1. The van der Waals surface area contributed by atoms with Gasteiger partial charge in [0, 0.05) is 46.9 Å². The van der Waals surface area contributed by atoms with Gasteiger partial charge in [-0.25, -0.2) is 4.79 Å². The van der Waals surface area contributed by atoms with Gasteiger partial charge in [-0.3, -0.25) is 9.97 Å². The maximum absolute atomic E-state index is 12.3. The second-order valence-corrected chi connectivity index (χ2v) is 7.94. The third kappa shape index (κ3) is 4.28. The summed E-state index contributed by atoms with van der Waals surface area (Å²) in [5, 5.41) is 10.5. The van der Waals surface area contributed by atoms with Gasteiger partial charge in [-0.05, 0) is 38.1 Å². The van der Waals surface area contributed by atoms with Crippen LogP contribution in [0.15, 0.2) is 69.5 Å². The summed E-state index contributed by atoms with van der Waals surface area (Å²) in [6.45, 7) is 4.21. The molecule has 2 atom stereocenters. The number of carbonyl (C=O) groups excluding carboxylic acids is 1. The zero-order valence-electron chi connectivity index (χ0n) is 15.0. The number of ether oxygens (including phenoxy) is 2. The highest BCUT2D eigenvalue weighted by Crippen LogP contribution is 2.47. The Morgan fingerprint density at radius 1 is 1.15 bits per heavy atom. The van der Waals surface area contributed by atoms with Crippen LogP contribution in [0.1, 0.15) is 13.8 Å². The summed E-state index contributed by atoms with van der Waals surface area (Å²) in [7, 11) is 0. The van der Waals surface area contributed by atoms with Gasteiger partial charge in [0.2, 0.25) is 5.76 Å². The van der Waals surface area contributed by atoms with E-state index in [4.69, 9.17) is 9.47 Å². The molecule has 27 heavy (non-hydrogen) atoms. The highest BCUT2D eigenvalue weighted by atomic mass is 32.2. The average molecular weight is 405 g/mol. The van der Waals surface area contributed by atoms with Crippen molar-refractivity contribution >= 4 is 29.5 Å². The van der Waals surface area contributed by atoms with Gasteiger partial charge in [0.05, 0.1) is 4.91 Å². The predicted molar refractivity (Wildman–Crippen MR) is 105 cm³/mol. The van der Waals surface area contributed by atoms with E-state index in [-0.39, 0.29) is 5.76 Å². The van der Waals surface area contributed by atoms with Crippen LogP contribution in [0.2, 0.25) is 0 Å². The largest absolute Gasteiger partial charge is 0.501 e. The van der Waals surface area contributed by atoms with Gasteiger partial charge in [-0.15, -0.1) is 11.8 Å². The number of rotatable bonds is 8. The van der Waals surface area contributed by atoms with Crippen LogP contribution in [0.3, 0.4) is 0 Å². The van der Waals surface area contributed by atoms with E-state index in [0.29, 0.717) is 17.3 Å². The summed E-state index contributed by atoms with van der Waals surface area (Å²) >= 11 is 2.82. The Morgan fingerprint density at radius 2 is 1.74 bits per heavy atom. The number of aliphatic hydroxyl groups is 1. The lowest BCUT2D eigenvalue weighted by atomic mass is 10.00. The quantitative estimate of drug-likeness (QED) is 0.525. The van der Waals surface area contributed by atoms with Crippen LogP contribution in [-0.2, 0) is 14.3 Å². The summed E-state index contributed by atoms with van der Waals surface area (Å²) in [6.07, 6.45) is 6.31. The van der Waals surface area contributed by atoms with Crippen molar-refractivity contribution in [3.8, 4) is 0 Å². The molecule has 0 aromatic carbocycles. The maximum atomic E-state index is 12.3. The first kappa shape index (κ1) is 19.7. The third-order valence-electron chi connectivity index (χ3n) is 4.11. The fourth-order valence-electron chi connectivity index (χ4n) is 2.70. The van der Waals surface area contributed by atoms with Crippen molar-refractivity contribution in [2.75, 3.05) is 12.4 Å². The molecule has 3 rings (SSSR count). The molecule has 142 valence electrons. The summed E-state index contributed by atoms with van der Waals surface area (Å²) in [5.41, 5.74) is -1.08. The second-order valence-electron chi connectivity index (χ2n) is 5.81. The van der Waals surface area contributed by atoms with E-state index in [1.54, 1.807) is 24.8 Å². The molecule has 2 aromatic heterocycles. The zero-order valence-corrected chi connectivity index (χ0v) is 16.6. The van der Waals surface area contributed by atoms with Crippen LogP contribution < -0.4 is 0 Å². The minimum atomic E-state index is -1.08. The van der Waals surface area contributed by atoms with Crippen molar-refractivity contribution in [2.24, 2.45) is 0 Å². The van der Waals surface area contributed by atoms with Crippen molar-refractivity contribution < 1.29 is 19.4 Å². The molecule has 1 aliphatic rings. The third-order valence-corrected chi connectivity index (χ3v) is 6.54. The van der Waals surface area contributed by atoms with Gasteiger partial charge in [0.1, 0.15) is 6.10 Å². The Bertz CT molecular complexity index is 817. The summed E-state index contributed by atoms with van der Waals surface area (Å²) in [4.78, 5) is 22.6. The Morgan fingerprint density at radius 3 is 2.33 bits per heavy atom. The lowest BCUT2D eigenvalue weighted by Crippen LogP contribution is -2.46. The smallest absolute Gasteiger partial charge is 0.375 e. The maximum Gasteiger partial charge on any atom is 0.375 e. The van der Waals surface area contributed by atoms with E-state index >= 15 is 0 Å². The molecule has 1 N–H and O–H groups in total.